The number of rotatable bonds is 8. The molecule has 2 N–H and O–H groups in total. The van der Waals surface area contributed by atoms with Gasteiger partial charge in [-0.25, -0.2) is 8.42 Å². The van der Waals surface area contributed by atoms with Gasteiger partial charge in [0.25, 0.3) is 15.9 Å². The zero-order valence-electron chi connectivity index (χ0n) is 18.3. The van der Waals surface area contributed by atoms with Gasteiger partial charge in [-0.05, 0) is 55.2 Å². The third kappa shape index (κ3) is 6.11. The Morgan fingerprint density at radius 3 is 2.22 bits per heavy atom. The summed E-state index contributed by atoms with van der Waals surface area (Å²) in [7, 11) is -3.76. The number of nitrogens with one attached hydrogen (secondary N) is 2. The van der Waals surface area contributed by atoms with Crippen LogP contribution in [0.2, 0.25) is 5.02 Å². The molecular weight excluding hydrogens is 444 g/mol. The van der Waals surface area contributed by atoms with Crippen LogP contribution in [-0.2, 0) is 10.0 Å². The molecule has 7 heteroatoms. The number of carbonyl (C=O) groups excluding carboxylic acids is 1. The van der Waals surface area contributed by atoms with Crippen molar-refractivity contribution >= 4 is 33.2 Å². The third-order valence-corrected chi connectivity index (χ3v) is 6.72. The fourth-order valence-electron chi connectivity index (χ4n) is 3.37. The van der Waals surface area contributed by atoms with Crippen molar-refractivity contribution in [3.05, 3.63) is 94.5 Å². The number of halogens is 1. The van der Waals surface area contributed by atoms with E-state index in [9.17, 15) is 13.2 Å². The van der Waals surface area contributed by atoms with Crippen LogP contribution < -0.4 is 10.0 Å². The minimum Gasteiger partial charge on any atom is -0.345 e. The molecule has 3 aromatic rings. The Kier molecular flexibility index (Phi) is 7.59. The number of benzene rings is 3. The van der Waals surface area contributed by atoms with Crippen LogP contribution in [0, 0.1) is 12.8 Å². The first-order valence-corrected chi connectivity index (χ1v) is 12.3. The van der Waals surface area contributed by atoms with Crippen molar-refractivity contribution in [1.29, 1.82) is 0 Å². The molecule has 1 atom stereocenters. The molecule has 0 bridgehead atoms. The average molecular weight is 471 g/mol. The first-order valence-electron chi connectivity index (χ1n) is 10.4. The Bertz CT molecular complexity index is 1180. The van der Waals surface area contributed by atoms with Gasteiger partial charge in [0.1, 0.15) is 0 Å². The molecule has 0 saturated carbocycles. The second-order valence-electron chi connectivity index (χ2n) is 8.18. The second-order valence-corrected chi connectivity index (χ2v) is 10.3. The minimum absolute atomic E-state index is 0.153. The maximum Gasteiger partial charge on any atom is 0.261 e. The summed E-state index contributed by atoms with van der Waals surface area (Å²) in [6.45, 7) is 6.09. The van der Waals surface area contributed by atoms with Gasteiger partial charge in [-0.15, -0.1) is 0 Å². The highest BCUT2D eigenvalue weighted by Crippen LogP contribution is 2.26. The largest absolute Gasteiger partial charge is 0.345 e. The average Bonchev–Trinajstić information content (AvgIpc) is 2.73. The van der Waals surface area contributed by atoms with Crippen molar-refractivity contribution in [2.75, 3.05) is 4.72 Å². The van der Waals surface area contributed by atoms with E-state index in [0.29, 0.717) is 5.92 Å². The topological polar surface area (TPSA) is 75.3 Å². The van der Waals surface area contributed by atoms with Gasteiger partial charge in [0.15, 0.2) is 0 Å². The summed E-state index contributed by atoms with van der Waals surface area (Å²) >= 11 is 6.36. The molecule has 168 valence electrons. The van der Waals surface area contributed by atoms with Gasteiger partial charge in [-0.1, -0.05) is 73.5 Å². The maximum absolute atomic E-state index is 12.9. The van der Waals surface area contributed by atoms with Gasteiger partial charge in [0.05, 0.1) is 27.2 Å². The van der Waals surface area contributed by atoms with Crippen LogP contribution in [-0.4, -0.2) is 14.3 Å². The Balaban J connectivity index is 1.77. The van der Waals surface area contributed by atoms with E-state index in [-0.39, 0.29) is 33.1 Å². The molecule has 0 aliphatic heterocycles. The van der Waals surface area contributed by atoms with Crippen LogP contribution in [0.15, 0.2) is 77.7 Å². The number of hydrogen-bond donors (Lipinski definition) is 2. The van der Waals surface area contributed by atoms with Crippen LogP contribution in [0.25, 0.3) is 0 Å². The predicted octanol–water partition coefficient (Wildman–Crippen LogP) is 5.97. The molecule has 0 fully saturated rings. The zero-order chi connectivity index (χ0) is 23.3. The molecule has 3 rings (SSSR count). The number of aryl methyl sites for hydroxylation is 1. The summed E-state index contributed by atoms with van der Waals surface area (Å²) in [5, 5.41) is 3.23. The highest BCUT2D eigenvalue weighted by Gasteiger charge is 2.20. The number of amides is 1. The van der Waals surface area contributed by atoms with Gasteiger partial charge in [-0.3, -0.25) is 9.52 Å². The molecule has 0 radical (unpaired) electrons. The fourth-order valence-corrected chi connectivity index (χ4v) is 4.68. The normalized spacial score (nSPS) is 12.4. The smallest absolute Gasteiger partial charge is 0.261 e. The van der Waals surface area contributed by atoms with Gasteiger partial charge in [0, 0.05) is 0 Å². The highest BCUT2D eigenvalue weighted by molar-refractivity contribution is 7.92. The molecule has 3 aromatic carbocycles. The van der Waals surface area contributed by atoms with Crippen molar-refractivity contribution in [3.63, 3.8) is 0 Å². The SMILES string of the molecule is Cc1ccc(S(=O)(=O)Nc2ccc(C(=O)N[C@H](CC(C)C)c3ccccc3)c(Cl)c2)cc1. The lowest BCUT2D eigenvalue weighted by atomic mass is 9.96. The molecule has 0 saturated heterocycles. The van der Waals surface area contributed by atoms with Gasteiger partial charge >= 0.3 is 0 Å². The van der Waals surface area contributed by atoms with Crippen molar-refractivity contribution < 1.29 is 13.2 Å². The number of hydrogen-bond acceptors (Lipinski definition) is 3. The molecule has 0 aliphatic rings. The zero-order valence-corrected chi connectivity index (χ0v) is 19.9. The van der Waals surface area contributed by atoms with Crippen molar-refractivity contribution in [2.24, 2.45) is 5.92 Å². The summed E-state index contributed by atoms with van der Waals surface area (Å²) in [6, 6.07) is 20.7. The van der Waals surface area contributed by atoms with Crippen molar-refractivity contribution in [1.82, 2.24) is 5.32 Å². The summed E-state index contributed by atoms with van der Waals surface area (Å²) in [5.41, 5.74) is 2.56. The van der Waals surface area contributed by atoms with E-state index in [4.69, 9.17) is 11.6 Å². The van der Waals surface area contributed by atoms with E-state index in [1.807, 2.05) is 37.3 Å². The maximum atomic E-state index is 12.9. The monoisotopic (exact) mass is 470 g/mol. The molecule has 0 aromatic heterocycles. The van der Waals surface area contributed by atoms with Crippen molar-refractivity contribution in [3.8, 4) is 0 Å². The summed E-state index contributed by atoms with van der Waals surface area (Å²) in [6.07, 6.45) is 0.780. The van der Waals surface area contributed by atoms with Crippen LogP contribution >= 0.6 is 11.6 Å². The lowest BCUT2D eigenvalue weighted by molar-refractivity contribution is 0.0932. The molecular formula is C25H27ClN2O3S. The first kappa shape index (κ1) is 23.8. The Labute approximate surface area is 194 Å². The van der Waals surface area contributed by atoms with Crippen LogP contribution in [0.1, 0.15) is 47.8 Å². The summed E-state index contributed by atoms with van der Waals surface area (Å²) in [5.74, 6) is 0.0759. The quantitative estimate of drug-likeness (QED) is 0.426. The Hall–Kier alpha value is -2.83. The van der Waals surface area contributed by atoms with Gasteiger partial charge in [0.2, 0.25) is 0 Å². The second kappa shape index (κ2) is 10.2. The number of sulfonamides is 1. The highest BCUT2D eigenvalue weighted by atomic mass is 35.5. The van der Waals surface area contributed by atoms with E-state index in [0.717, 1.165) is 17.5 Å². The molecule has 0 spiro atoms. The third-order valence-electron chi connectivity index (χ3n) is 5.01. The van der Waals surface area contributed by atoms with E-state index < -0.39 is 10.0 Å². The van der Waals surface area contributed by atoms with Crippen LogP contribution in [0.5, 0.6) is 0 Å². The van der Waals surface area contributed by atoms with Gasteiger partial charge < -0.3 is 5.32 Å². The van der Waals surface area contributed by atoms with E-state index in [2.05, 4.69) is 23.9 Å². The van der Waals surface area contributed by atoms with Crippen LogP contribution in [0.4, 0.5) is 5.69 Å². The van der Waals surface area contributed by atoms with Crippen molar-refractivity contribution in [2.45, 2.75) is 38.1 Å². The minimum atomic E-state index is -3.76. The van der Waals surface area contributed by atoms with Crippen LogP contribution in [0.3, 0.4) is 0 Å². The number of carbonyl (C=O) groups is 1. The summed E-state index contributed by atoms with van der Waals surface area (Å²) in [4.78, 5) is 13.1. The molecule has 32 heavy (non-hydrogen) atoms. The molecule has 5 nitrogen and oxygen atoms in total. The Morgan fingerprint density at radius 1 is 0.969 bits per heavy atom. The standard InChI is InChI=1S/C25H27ClN2O3S/c1-17(2)15-24(19-7-5-4-6-8-19)27-25(29)22-14-11-20(16-23(22)26)28-32(30,31)21-12-9-18(3)10-13-21/h4-14,16-17,24,28H,15H2,1-3H3,(H,27,29)/t24-/m1/s1. The van der Waals surface area contributed by atoms with E-state index in [1.165, 1.54) is 18.2 Å². The van der Waals surface area contributed by atoms with E-state index >= 15 is 0 Å². The lowest BCUT2D eigenvalue weighted by Gasteiger charge is -2.21. The van der Waals surface area contributed by atoms with E-state index in [1.54, 1.807) is 24.3 Å². The predicted molar refractivity (Wildman–Crippen MR) is 130 cm³/mol. The molecule has 1 amide bonds. The molecule has 0 unspecified atom stereocenters. The molecule has 0 heterocycles. The number of anilines is 1. The van der Waals surface area contributed by atoms with Gasteiger partial charge in [-0.2, -0.15) is 0 Å². The Morgan fingerprint density at radius 2 is 1.62 bits per heavy atom. The fraction of sp³-hybridized carbons (Fsp3) is 0.240. The summed E-state index contributed by atoms with van der Waals surface area (Å²) < 4.78 is 27.7. The molecule has 0 aliphatic carbocycles. The first-order chi connectivity index (χ1) is 15.2. The lowest BCUT2D eigenvalue weighted by Crippen LogP contribution is -2.29.